The number of hydrogen-bond acceptors (Lipinski definition) is 5. The zero-order valence-corrected chi connectivity index (χ0v) is 19.9. The number of esters is 1. The van der Waals surface area contributed by atoms with Crippen LogP contribution in [0.25, 0.3) is 0 Å². The molecule has 0 N–H and O–H groups in total. The number of benzene rings is 2. The Kier molecular flexibility index (Phi) is 13.3. The normalized spacial score (nSPS) is 10.5. The van der Waals surface area contributed by atoms with Crippen molar-refractivity contribution in [2.45, 2.75) is 64.7 Å². The van der Waals surface area contributed by atoms with E-state index in [-0.39, 0.29) is 0 Å². The van der Waals surface area contributed by atoms with Crippen LogP contribution < -0.4 is 14.2 Å². The van der Waals surface area contributed by atoms with Gasteiger partial charge in [-0.05, 0) is 68.3 Å². The first-order chi connectivity index (χ1) is 16.2. The highest BCUT2D eigenvalue weighted by Gasteiger charge is 2.09. The molecule has 0 saturated heterocycles. The molecule has 0 saturated carbocycles. The summed E-state index contributed by atoms with van der Waals surface area (Å²) in [4.78, 5) is 12.3. The van der Waals surface area contributed by atoms with Crippen LogP contribution >= 0.6 is 0 Å². The van der Waals surface area contributed by atoms with Crippen molar-refractivity contribution in [3.8, 4) is 17.2 Å². The van der Waals surface area contributed by atoms with Gasteiger partial charge < -0.3 is 18.9 Å². The number of carbonyl (C=O) groups is 1. The molecule has 2 aromatic carbocycles. The first kappa shape index (κ1) is 26.3. The minimum absolute atomic E-state index is 0.393. The van der Waals surface area contributed by atoms with Gasteiger partial charge in [-0.25, -0.2) is 4.79 Å². The highest BCUT2D eigenvalue weighted by Crippen LogP contribution is 2.20. The maximum atomic E-state index is 12.3. The van der Waals surface area contributed by atoms with Gasteiger partial charge in [-0.1, -0.05) is 51.5 Å². The van der Waals surface area contributed by atoms with Gasteiger partial charge in [0.25, 0.3) is 0 Å². The second-order valence-electron chi connectivity index (χ2n) is 7.89. The van der Waals surface area contributed by atoms with E-state index in [1.165, 1.54) is 51.2 Å². The molecule has 0 aliphatic rings. The maximum absolute atomic E-state index is 12.3. The summed E-state index contributed by atoms with van der Waals surface area (Å²) >= 11 is 0. The van der Waals surface area contributed by atoms with E-state index in [2.05, 4.69) is 6.58 Å². The van der Waals surface area contributed by atoms with Crippen molar-refractivity contribution in [1.82, 2.24) is 0 Å². The SMILES string of the molecule is C=COCCCCCCCCCCCOc1ccc(C(=O)Oc2ccc(OCC)cc2)cc1. The fraction of sp³-hybridized carbons (Fsp3) is 0.464. The molecule has 0 aliphatic carbocycles. The summed E-state index contributed by atoms with van der Waals surface area (Å²) < 4.78 is 21.7. The third kappa shape index (κ3) is 11.5. The number of carbonyl (C=O) groups excluding carboxylic acids is 1. The van der Waals surface area contributed by atoms with Crippen molar-refractivity contribution in [1.29, 1.82) is 0 Å². The van der Waals surface area contributed by atoms with Crippen molar-refractivity contribution < 1.29 is 23.7 Å². The lowest BCUT2D eigenvalue weighted by molar-refractivity contribution is 0.0734. The summed E-state index contributed by atoms with van der Waals surface area (Å²) in [6.07, 6.45) is 12.5. The van der Waals surface area contributed by atoms with E-state index in [4.69, 9.17) is 18.9 Å². The van der Waals surface area contributed by atoms with Gasteiger partial charge in [-0.2, -0.15) is 0 Å². The number of hydrogen-bond donors (Lipinski definition) is 0. The predicted molar refractivity (Wildman–Crippen MR) is 132 cm³/mol. The summed E-state index contributed by atoms with van der Waals surface area (Å²) in [5.41, 5.74) is 0.490. The molecule has 0 bridgehead atoms. The molecule has 0 aliphatic heterocycles. The molecule has 5 heteroatoms. The second kappa shape index (κ2) is 16.7. The van der Waals surface area contributed by atoms with E-state index in [1.54, 1.807) is 36.4 Å². The largest absolute Gasteiger partial charge is 0.502 e. The van der Waals surface area contributed by atoms with Crippen molar-refractivity contribution in [2.24, 2.45) is 0 Å². The Morgan fingerprint density at radius 1 is 0.697 bits per heavy atom. The summed E-state index contributed by atoms with van der Waals surface area (Å²) in [6.45, 7) is 7.55. The van der Waals surface area contributed by atoms with Gasteiger partial charge in [-0.15, -0.1) is 0 Å². The summed E-state index contributed by atoms with van der Waals surface area (Å²) in [7, 11) is 0. The van der Waals surface area contributed by atoms with E-state index < -0.39 is 5.97 Å². The molecule has 0 aromatic heterocycles. The predicted octanol–water partition coefficient (Wildman–Crippen LogP) is 7.35. The van der Waals surface area contributed by atoms with Gasteiger partial charge in [0.15, 0.2) is 0 Å². The zero-order valence-electron chi connectivity index (χ0n) is 19.9. The van der Waals surface area contributed by atoms with Gasteiger partial charge >= 0.3 is 5.97 Å². The van der Waals surface area contributed by atoms with Crippen molar-refractivity contribution in [2.75, 3.05) is 19.8 Å². The van der Waals surface area contributed by atoms with E-state index in [9.17, 15) is 4.79 Å². The molecule has 33 heavy (non-hydrogen) atoms. The van der Waals surface area contributed by atoms with Crippen LogP contribution in [0.3, 0.4) is 0 Å². The van der Waals surface area contributed by atoms with E-state index in [0.717, 1.165) is 30.9 Å². The zero-order chi connectivity index (χ0) is 23.6. The average molecular weight is 455 g/mol. The molecule has 0 unspecified atom stereocenters. The van der Waals surface area contributed by atoms with Crippen LogP contribution in [0.15, 0.2) is 61.4 Å². The molecule has 5 nitrogen and oxygen atoms in total. The fourth-order valence-corrected chi connectivity index (χ4v) is 3.42. The number of unbranched alkanes of at least 4 members (excludes halogenated alkanes) is 8. The minimum Gasteiger partial charge on any atom is -0.502 e. The van der Waals surface area contributed by atoms with E-state index >= 15 is 0 Å². The summed E-state index contributed by atoms with van der Waals surface area (Å²) in [5.74, 6) is 1.62. The van der Waals surface area contributed by atoms with Gasteiger partial charge in [0, 0.05) is 0 Å². The lowest BCUT2D eigenvalue weighted by Crippen LogP contribution is -2.08. The fourth-order valence-electron chi connectivity index (χ4n) is 3.42. The average Bonchev–Trinajstić information content (AvgIpc) is 2.84. The monoisotopic (exact) mass is 454 g/mol. The van der Waals surface area contributed by atoms with Crippen LogP contribution in [0.5, 0.6) is 17.2 Å². The van der Waals surface area contributed by atoms with Gasteiger partial charge in [-0.3, -0.25) is 0 Å². The summed E-state index contributed by atoms with van der Waals surface area (Å²) in [6, 6.07) is 14.1. The van der Waals surface area contributed by atoms with Gasteiger partial charge in [0.1, 0.15) is 17.2 Å². The van der Waals surface area contributed by atoms with Crippen LogP contribution in [0.1, 0.15) is 75.1 Å². The minimum atomic E-state index is -0.393. The standard InChI is InChI=1S/C28H38O5/c1-3-30-22-12-10-8-6-5-7-9-11-13-23-32-26-16-14-24(15-17-26)28(29)33-27-20-18-25(19-21-27)31-4-2/h3,14-21H,1,4-13,22-23H2,2H3. The Hall–Kier alpha value is -2.95. The topological polar surface area (TPSA) is 54.0 Å². The highest BCUT2D eigenvalue weighted by atomic mass is 16.5. The number of ether oxygens (including phenoxy) is 4. The molecule has 0 amide bonds. The Morgan fingerprint density at radius 2 is 1.18 bits per heavy atom. The Bertz CT molecular complexity index is 783. The van der Waals surface area contributed by atoms with Crippen LogP contribution in [0, 0.1) is 0 Å². The molecular formula is C28H38O5. The third-order valence-electron chi connectivity index (χ3n) is 5.23. The highest BCUT2D eigenvalue weighted by molar-refractivity contribution is 5.91. The molecule has 2 rings (SSSR count). The maximum Gasteiger partial charge on any atom is 0.343 e. The van der Waals surface area contributed by atoms with Crippen LogP contribution in [-0.4, -0.2) is 25.8 Å². The quantitative estimate of drug-likeness (QED) is 0.102. The van der Waals surface area contributed by atoms with Crippen LogP contribution in [0.4, 0.5) is 0 Å². The Labute approximate surface area is 198 Å². The van der Waals surface area contributed by atoms with Crippen molar-refractivity contribution in [3.05, 3.63) is 66.9 Å². The van der Waals surface area contributed by atoms with Gasteiger partial charge in [0.05, 0.1) is 31.6 Å². The Morgan fingerprint density at radius 3 is 1.76 bits per heavy atom. The van der Waals surface area contributed by atoms with Crippen LogP contribution in [-0.2, 0) is 4.74 Å². The first-order valence-corrected chi connectivity index (χ1v) is 12.1. The van der Waals surface area contributed by atoms with E-state index in [1.807, 2.05) is 19.1 Å². The van der Waals surface area contributed by atoms with Crippen LogP contribution in [0.2, 0.25) is 0 Å². The molecule has 0 spiro atoms. The number of rotatable bonds is 18. The third-order valence-corrected chi connectivity index (χ3v) is 5.23. The Balaban J connectivity index is 1.53. The molecular weight excluding hydrogens is 416 g/mol. The summed E-state index contributed by atoms with van der Waals surface area (Å²) in [5, 5.41) is 0. The molecule has 180 valence electrons. The first-order valence-electron chi connectivity index (χ1n) is 12.1. The van der Waals surface area contributed by atoms with Crippen molar-refractivity contribution in [3.63, 3.8) is 0 Å². The molecule has 0 heterocycles. The molecule has 0 fully saturated rings. The van der Waals surface area contributed by atoms with Gasteiger partial charge in [0.2, 0.25) is 0 Å². The second-order valence-corrected chi connectivity index (χ2v) is 7.89. The lowest BCUT2D eigenvalue weighted by Gasteiger charge is -2.08. The van der Waals surface area contributed by atoms with E-state index in [0.29, 0.717) is 24.5 Å². The lowest BCUT2D eigenvalue weighted by atomic mass is 10.1. The molecule has 0 radical (unpaired) electrons. The molecule has 2 aromatic rings. The molecule has 0 atom stereocenters. The van der Waals surface area contributed by atoms with Crippen molar-refractivity contribution >= 4 is 5.97 Å². The smallest absolute Gasteiger partial charge is 0.343 e.